The van der Waals surface area contributed by atoms with Crippen molar-refractivity contribution in [3.8, 4) is 0 Å². The molecule has 6 N–H and O–H groups in total. The Morgan fingerprint density at radius 2 is 2.09 bits per heavy atom. The van der Waals surface area contributed by atoms with Crippen molar-refractivity contribution in [3.63, 3.8) is 0 Å². The number of hydrogen-bond acceptors (Lipinski definition) is 2. The predicted octanol–water partition coefficient (Wildman–Crippen LogP) is 1.54. The van der Waals surface area contributed by atoms with Gasteiger partial charge in [0.05, 0.1) is 0 Å². The average molecular weight is 350 g/mol. The largest absolute Gasteiger partial charge is 0.370 e. The van der Waals surface area contributed by atoms with Gasteiger partial charge in [-0.2, -0.15) is 4.99 Å². The molecule has 0 atom stereocenters. The number of aromatic nitrogens is 1. The predicted molar refractivity (Wildman–Crippen MR) is 90.4 cm³/mol. The molecule has 0 radical (unpaired) electrons. The van der Waals surface area contributed by atoms with Crippen LogP contribution in [-0.4, -0.2) is 29.9 Å². The number of carbonyl (C=O) groups is 1. The number of aromatic amines is 1. The number of fused-ring (bicyclic) bond motifs is 1. The molecule has 1 amide bonds. The fourth-order valence-corrected chi connectivity index (χ4v) is 1.76. The topological polar surface area (TPSA) is 109 Å². The van der Waals surface area contributed by atoms with Gasteiger partial charge >= 0.3 is 0 Å². The third kappa shape index (κ3) is 4.87. The molecular formula is C13H18Cl2FN5O. The standard InChI is InChI=1S/C13H16FN5O.2ClH/c14-9-3-1-4-10-8(9)7-11(18-10)12(20)19-13(16)17-6-2-5-15;;/h1,3-4,7,18H,2,5-6,15H2,(H3,16,17,19,20);2*1H. The minimum absolute atomic E-state index is 0. The monoisotopic (exact) mass is 349 g/mol. The van der Waals surface area contributed by atoms with Crippen molar-refractivity contribution < 1.29 is 9.18 Å². The van der Waals surface area contributed by atoms with E-state index in [0.717, 1.165) is 6.42 Å². The number of H-pyrrole nitrogens is 1. The molecule has 0 unspecified atom stereocenters. The number of nitrogens with two attached hydrogens (primary N) is 2. The summed E-state index contributed by atoms with van der Waals surface area (Å²) in [6.45, 7) is 1.07. The lowest BCUT2D eigenvalue weighted by Crippen LogP contribution is -2.34. The Hall–Kier alpha value is -1.83. The Kier molecular flexibility index (Phi) is 8.47. The molecule has 0 aliphatic heterocycles. The van der Waals surface area contributed by atoms with E-state index in [1.54, 1.807) is 12.1 Å². The molecule has 122 valence electrons. The number of halogens is 3. The highest BCUT2D eigenvalue weighted by Crippen LogP contribution is 2.18. The average Bonchev–Trinajstić information content (AvgIpc) is 2.84. The first-order valence-electron chi connectivity index (χ1n) is 6.21. The highest BCUT2D eigenvalue weighted by atomic mass is 35.5. The number of benzene rings is 1. The Morgan fingerprint density at radius 1 is 1.36 bits per heavy atom. The second-order valence-corrected chi connectivity index (χ2v) is 4.26. The third-order valence-corrected chi connectivity index (χ3v) is 2.75. The summed E-state index contributed by atoms with van der Waals surface area (Å²) in [7, 11) is 0. The number of nitrogens with one attached hydrogen (secondary N) is 2. The van der Waals surface area contributed by atoms with E-state index >= 15 is 0 Å². The smallest absolute Gasteiger partial charge is 0.296 e. The van der Waals surface area contributed by atoms with Gasteiger partial charge in [0.25, 0.3) is 5.91 Å². The molecule has 0 fully saturated rings. The maximum atomic E-state index is 13.5. The van der Waals surface area contributed by atoms with E-state index in [4.69, 9.17) is 11.5 Å². The molecule has 0 saturated heterocycles. The molecular weight excluding hydrogens is 332 g/mol. The van der Waals surface area contributed by atoms with E-state index in [1.807, 2.05) is 0 Å². The SMILES string of the molecule is Cl.Cl.NCCCNC(N)=NC(=O)c1cc2c(F)cccc2[nH]1. The molecule has 0 bridgehead atoms. The zero-order valence-electron chi connectivity index (χ0n) is 11.6. The van der Waals surface area contributed by atoms with E-state index in [9.17, 15) is 9.18 Å². The summed E-state index contributed by atoms with van der Waals surface area (Å²) in [5, 5.41) is 3.12. The van der Waals surface area contributed by atoms with Gasteiger partial charge in [0.2, 0.25) is 0 Å². The molecule has 2 aromatic rings. The lowest BCUT2D eigenvalue weighted by atomic mass is 10.2. The molecule has 1 heterocycles. The van der Waals surface area contributed by atoms with Gasteiger partial charge < -0.3 is 21.8 Å². The summed E-state index contributed by atoms with van der Waals surface area (Å²) < 4.78 is 13.5. The van der Waals surface area contributed by atoms with Gasteiger partial charge in [-0.05, 0) is 31.2 Å². The van der Waals surface area contributed by atoms with Gasteiger partial charge in [-0.25, -0.2) is 4.39 Å². The molecule has 1 aromatic carbocycles. The van der Waals surface area contributed by atoms with Crippen LogP contribution in [0.25, 0.3) is 10.9 Å². The number of hydrogen-bond donors (Lipinski definition) is 4. The fourth-order valence-electron chi connectivity index (χ4n) is 1.76. The van der Waals surface area contributed by atoms with Crippen LogP contribution in [0.3, 0.4) is 0 Å². The van der Waals surface area contributed by atoms with Crippen LogP contribution in [0.15, 0.2) is 29.3 Å². The Labute approximate surface area is 139 Å². The first-order chi connectivity index (χ1) is 9.61. The van der Waals surface area contributed by atoms with Gasteiger partial charge in [0, 0.05) is 17.4 Å². The van der Waals surface area contributed by atoms with Crippen LogP contribution in [0.5, 0.6) is 0 Å². The number of aliphatic imine (C=N–C) groups is 1. The minimum Gasteiger partial charge on any atom is -0.370 e. The van der Waals surface area contributed by atoms with Crippen LogP contribution >= 0.6 is 24.8 Å². The molecule has 22 heavy (non-hydrogen) atoms. The summed E-state index contributed by atoms with van der Waals surface area (Å²) in [5.41, 5.74) is 11.6. The maximum absolute atomic E-state index is 13.5. The van der Waals surface area contributed by atoms with Crippen LogP contribution in [0.1, 0.15) is 16.9 Å². The van der Waals surface area contributed by atoms with E-state index in [2.05, 4.69) is 15.3 Å². The molecule has 0 aliphatic rings. The number of amides is 1. The molecule has 6 nitrogen and oxygen atoms in total. The number of guanidine groups is 1. The minimum atomic E-state index is -0.557. The third-order valence-electron chi connectivity index (χ3n) is 2.75. The summed E-state index contributed by atoms with van der Waals surface area (Å²) in [5.74, 6) is -0.934. The molecule has 9 heteroatoms. The summed E-state index contributed by atoms with van der Waals surface area (Å²) in [4.78, 5) is 18.4. The van der Waals surface area contributed by atoms with Crippen molar-refractivity contribution in [2.75, 3.05) is 13.1 Å². The van der Waals surface area contributed by atoms with Crippen molar-refractivity contribution in [2.24, 2.45) is 16.5 Å². The summed E-state index contributed by atoms with van der Waals surface area (Å²) in [6, 6.07) is 6.00. The zero-order chi connectivity index (χ0) is 14.5. The number of carbonyl (C=O) groups excluding carboxylic acids is 1. The maximum Gasteiger partial charge on any atom is 0.296 e. The summed E-state index contributed by atoms with van der Waals surface area (Å²) >= 11 is 0. The van der Waals surface area contributed by atoms with Gasteiger partial charge in [0.1, 0.15) is 11.5 Å². The van der Waals surface area contributed by atoms with Crippen LogP contribution in [0.2, 0.25) is 0 Å². The lowest BCUT2D eigenvalue weighted by molar-refractivity contribution is 0.0998. The van der Waals surface area contributed by atoms with Crippen LogP contribution in [0, 0.1) is 5.82 Å². The highest BCUT2D eigenvalue weighted by molar-refractivity contribution is 6.04. The van der Waals surface area contributed by atoms with Crippen LogP contribution in [-0.2, 0) is 0 Å². The van der Waals surface area contributed by atoms with Crippen molar-refractivity contribution in [3.05, 3.63) is 35.8 Å². The first kappa shape index (κ1) is 20.2. The van der Waals surface area contributed by atoms with Crippen LogP contribution in [0.4, 0.5) is 4.39 Å². The fraction of sp³-hybridized carbons (Fsp3) is 0.231. The second-order valence-electron chi connectivity index (χ2n) is 4.26. The number of nitrogens with zero attached hydrogens (tertiary/aromatic N) is 1. The van der Waals surface area contributed by atoms with E-state index < -0.39 is 11.7 Å². The van der Waals surface area contributed by atoms with Gasteiger partial charge in [0.15, 0.2) is 5.96 Å². The second kappa shape index (κ2) is 9.24. The quantitative estimate of drug-likeness (QED) is 0.381. The highest BCUT2D eigenvalue weighted by Gasteiger charge is 2.11. The van der Waals surface area contributed by atoms with Crippen molar-refractivity contribution in [2.45, 2.75) is 6.42 Å². The van der Waals surface area contributed by atoms with E-state index in [-0.39, 0.29) is 36.5 Å². The van der Waals surface area contributed by atoms with Crippen molar-refractivity contribution >= 4 is 47.6 Å². The van der Waals surface area contributed by atoms with Crippen molar-refractivity contribution in [1.82, 2.24) is 10.3 Å². The van der Waals surface area contributed by atoms with E-state index in [1.165, 1.54) is 12.1 Å². The Balaban J connectivity index is 0.00000220. The normalized spacial score (nSPS) is 10.7. The molecule has 0 spiro atoms. The number of rotatable bonds is 4. The van der Waals surface area contributed by atoms with Crippen molar-refractivity contribution in [1.29, 1.82) is 0 Å². The first-order valence-corrected chi connectivity index (χ1v) is 6.21. The van der Waals surface area contributed by atoms with Gasteiger partial charge in [-0.3, -0.25) is 4.79 Å². The molecule has 1 aromatic heterocycles. The molecule has 0 aliphatic carbocycles. The summed E-state index contributed by atoms with van der Waals surface area (Å²) in [6.07, 6.45) is 0.724. The van der Waals surface area contributed by atoms with Crippen LogP contribution < -0.4 is 16.8 Å². The Bertz CT molecular complexity index is 659. The zero-order valence-corrected chi connectivity index (χ0v) is 13.3. The Morgan fingerprint density at radius 3 is 2.73 bits per heavy atom. The lowest BCUT2D eigenvalue weighted by Gasteiger charge is -2.02. The van der Waals surface area contributed by atoms with Gasteiger partial charge in [-0.1, -0.05) is 6.07 Å². The molecule has 0 saturated carbocycles. The van der Waals surface area contributed by atoms with E-state index in [0.29, 0.717) is 24.0 Å². The molecule has 2 rings (SSSR count). The van der Waals surface area contributed by atoms with Gasteiger partial charge in [-0.15, -0.1) is 24.8 Å².